The molecule has 21 heavy (non-hydrogen) atoms. The van der Waals surface area contributed by atoms with E-state index in [-0.39, 0.29) is 5.41 Å². The highest BCUT2D eigenvalue weighted by Crippen LogP contribution is 2.61. The Balaban J connectivity index is 1.95. The zero-order valence-electron chi connectivity index (χ0n) is 13.1. The molecule has 2 N–H and O–H groups in total. The SMILES string of the molecule is COc1cc(C2(CN)CCC2)c(OC)c2c1C1CCC2C1. The molecule has 0 aliphatic heterocycles. The molecule has 1 aromatic carbocycles. The summed E-state index contributed by atoms with van der Waals surface area (Å²) >= 11 is 0. The Labute approximate surface area is 126 Å². The number of nitrogens with two attached hydrogens (primary N) is 1. The lowest BCUT2D eigenvalue weighted by molar-refractivity contribution is 0.241. The molecule has 0 saturated heterocycles. The van der Waals surface area contributed by atoms with Gasteiger partial charge in [0.1, 0.15) is 11.5 Å². The van der Waals surface area contributed by atoms with Gasteiger partial charge in [0.25, 0.3) is 0 Å². The van der Waals surface area contributed by atoms with Crippen molar-refractivity contribution in [2.24, 2.45) is 5.73 Å². The molecule has 1 aromatic rings. The zero-order valence-corrected chi connectivity index (χ0v) is 13.1. The lowest BCUT2D eigenvalue weighted by atomic mass is 9.63. The molecule has 3 nitrogen and oxygen atoms in total. The molecular formula is C18H25NO2. The summed E-state index contributed by atoms with van der Waals surface area (Å²) < 4.78 is 11.7. The van der Waals surface area contributed by atoms with Crippen molar-refractivity contribution in [2.45, 2.75) is 55.8 Å². The lowest BCUT2D eigenvalue weighted by Gasteiger charge is -2.43. The molecule has 0 amide bonds. The number of rotatable bonds is 4. The summed E-state index contributed by atoms with van der Waals surface area (Å²) in [5.74, 6) is 3.55. The summed E-state index contributed by atoms with van der Waals surface area (Å²) in [7, 11) is 3.62. The van der Waals surface area contributed by atoms with Crippen molar-refractivity contribution in [3.8, 4) is 11.5 Å². The van der Waals surface area contributed by atoms with Crippen LogP contribution in [0, 0.1) is 0 Å². The van der Waals surface area contributed by atoms with Crippen LogP contribution in [-0.4, -0.2) is 20.8 Å². The van der Waals surface area contributed by atoms with Crippen molar-refractivity contribution in [2.75, 3.05) is 20.8 Å². The fourth-order valence-electron chi connectivity index (χ4n) is 4.98. The van der Waals surface area contributed by atoms with E-state index in [9.17, 15) is 0 Å². The van der Waals surface area contributed by atoms with Gasteiger partial charge in [-0.2, -0.15) is 0 Å². The van der Waals surface area contributed by atoms with Crippen LogP contribution in [0.4, 0.5) is 0 Å². The molecule has 2 bridgehead atoms. The molecule has 2 saturated carbocycles. The maximum Gasteiger partial charge on any atom is 0.126 e. The van der Waals surface area contributed by atoms with E-state index in [0.717, 1.165) is 11.5 Å². The van der Waals surface area contributed by atoms with Crippen LogP contribution in [-0.2, 0) is 5.41 Å². The molecule has 3 heteroatoms. The molecular weight excluding hydrogens is 262 g/mol. The molecule has 0 heterocycles. The molecule has 2 unspecified atom stereocenters. The Bertz CT molecular complexity index is 572. The van der Waals surface area contributed by atoms with Gasteiger partial charge < -0.3 is 15.2 Å². The topological polar surface area (TPSA) is 44.5 Å². The molecule has 0 spiro atoms. The van der Waals surface area contributed by atoms with Gasteiger partial charge in [-0.25, -0.2) is 0 Å². The first-order chi connectivity index (χ1) is 10.2. The fourth-order valence-corrected chi connectivity index (χ4v) is 4.98. The Morgan fingerprint density at radius 2 is 1.86 bits per heavy atom. The summed E-state index contributed by atoms with van der Waals surface area (Å²) in [6, 6.07) is 2.24. The summed E-state index contributed by atoms with van der Waals surface area (Å²) in [4.78, 5) is 0. The van der Waals surface area contributed by atoms with Crippen molar-refractivity contribution < 1.29 is 9.47 Å². The predicted molar refractivity (Wildman–Crippen MR) is 83.5 cm³/mol. The molecule has 4 rings (SSSR count). The maximum atomic E-state index is 6.14. The minimum absolute atomic E-state index is 0.121. The van der Waals surface area contributed by atoms with Crippen LogP contribution in [0.15, 0.2) is 6.07 Å². The maximum absolute atomic E-state index is 6.14. The van der Waals surface area contributed by atoms with E-state index in [4.69, 9.17) is 15.2 Å². The molecule has 2 atom stereocenters. The first-order valence-electron chi connectivity index (χ1n) is 8.23. The van der Waals surface area contributed by atoms with Gasteiger partial charge in [0.05, 0.1) is 14.2 Å². The van der Waals surface area contributed by atoms with Crippen molar-refractivity contribution in [1.82, 2.24) is 0 Å². The third kappa shape index (κ3) is 1.64. The summed E-state index contributed by atoms with van der Waals surface area (Å²) in [5, 5.41) is 0. The Morgan fingerprint density at radius 3 is 2.38 bits per heavy atom. The number of hydrogen-bond donors (Lipinski definition) is 1. The number of methoxy groups -OCH3 is 2. The van der Waals surface area contributed by atoms with E-state index in [1.54, 1.807) is 7.11 Å². The second-order valence-electron chi connectivity index (χ2n) is 7.03. The first kappa shape index (κ1) is 13.4. The Hall–Kier alpha value is -1.22. The van der Waals surface area contributed by atoms with E-state index in [1.165, 1.54) is 55.2 Å². The number of benzene rings is 1. The van der Waals surface area contributed by atoms with Gasteiger partial charge in [0.2, 0.25) is 0 Å². The zero-order chi connectivity index (χ0) is 14.6. The third-order valence-corrected chi connectivity index (χ3v) is 6.27. The van der Waals surface area contributed by atoms with Crippen LogP contribution in [0.5, 0.6) is 11.5 Å². The van der Waals surface area contributed by atoms with Gasteiger partial charge in [-0.05, 0) is 50.0 Å². The number of fused-ring (bicyclic) bond motifs is 5. The lowest BCUT2D eigenvalue weighted by Crippen LogP contribution is -2.42. The summed E-state index contributed by atoms with van der Waals surface area (Å²) in [6.45, 7) is 0.708. The average Bonchev–Trinajstić information content (AvgIpc) is 3.07. The Morgan fingerprint density at radius 1 is 1.14 bits per heavy atom. The van der Waals surface area contributed by atoms with Crippen LogP contribution in [0.2, 0.25) is 0 Å². The van der Waals surface area contributed by atoms with Crippen LogP contribution < -0.4 is 15.2 Å². The van der Waals surface area contributed by atoms with Crippen molar-refractivity contribution >= 4 is 0 Å². The predicted octanol–water partition coefficient (Wildman–Crippen LogP) is 3.45. The Kier molecular flexibility index (Phi) is 2.97. The van der Waals surface area contributed by atoms with Gasteiger partial charge >= 0.3 is 0 Å². The second-order valence-corrected chi connectivity index (χ2v) is 7.03. The van der Waals surface area contributed by atoms with Gasteiger partial charge in [-0.1, -0.05) is 6.42 Å². The first-order valence-corrected chi connectivity index (χ1v) is 8.23. The quantitative estimate of drug-likeness (QED) is 0.922. The number of ether oxygens (including phenoxy) is 2. The van der Waals surface area contributed by atoms with E-state index in [0.29, 0.717) is 18.4 Å². The monoisotopic (exact) mass is 287 g/mol. The molecule has 0 radical (unpaired) electrons. The average molecular weight is 287 g/mol. The van der Waals surface area contributed by atoms with Gasteiger partial charge in [0.15, 0.2) is 0 Å². The van der Waals surface area contributed by atoms with E-state index < -0.39 is 0 Å². The summed E-state index contributed by atoms with van der Waals surface area (Å²) in [5.41, 5.74) is 10.4. The van der Waals surface area contributed by atoms with Crippen LogP contribution in [0.1, 0.15) is 67.1 Å². The van der Waals surface area contributed by atoms with Crippen molar-refractivity contribution in [3.63, 3.8) is 0 Å². The minimum atomic E-state index is 0.121. The van der Waals surface area contributed by atoms with Crippen molar-refractivity contribution in [3.05, 3.63) is 22.8 Å². The normalized spacial score (nSPS) is 28.1. The minimum Gasteiger partial charge on any atom is -0.496 e. The summed E-state index contributed by atoms with van der Waals surface area (Å²) in [6.07, 6.45) is 7.51. The largest absolute Gasteiger partial charge is 0.496 e. The van der Waals surface area contributed by atoms with Crippen LogP contribution in [0.3, 0.4) is 0 Å². The molecule has 0 aromatic heterocycles. The standard InChI is InChI=1S/C18H25NO2/c1-20-14-9-13(18(10-19)6-3-7-18)17(21-2)16-12-5-4-11(8-12)15(14)16/h9,11-12H,3-8,10,19H2,1-2H3. The molecule has 114 valence electrons. The van der Waals surface area contributed by atoms with Gasteiger partial charge in [-0.15, -0.1) is 0 Å². The van der Waals surface area contributed by atoms with E-state index in [2.05, 4.69) is 6.07 Å². The second kappa shape index (κ2) is 4.64. The van der Waals surface area contributed by atoms with Gasteiger partial charge in [-0.3, -0.25) is 0 Å². The van der Waals surface area contributed by atoms with E-state index in [1.807, 2.05) is 7.11 Å². The third-order valence-electron chi connectivity index (χ3n) is 6.27. The van der Waals surface area contributed by atoms with Crippen molar-refractivity contribution in [1.29, 1.82) is 0 Å². The molecule has 2 fully saturated rings. The highest BCUT2D eigenvalue weighted by atomic mass is 16.5. The molecule has 3 aliphatic carbocycles. The smallest absolute Gasteiger partial charge is 0.126 e. The molecule has 3 aliphatic rings. The number of hydrogen-bond acceptors (Lipinski definition) is 3. The highest BCUT2D eigenvalue weighted by molar-refractivity contribution is 5.62. The highest BCUT2D eigenvalue weighted by Gasteiger charge is 2.46. The fraction of sp³-hybridized carbons (Fsp3) is 0.667. The van der Waals surface area contributed by atoms with Crippen LogP contribution >= 0.6 is 0 Å². The van der Waals surface area contributed by atoms with E-state index >= 15 is 0 Å². The van der Waals surface area contributed by atoms with Gasteiger partial charge in [0, 0.05) is 28.7 Å². The van der Waals surface area contributed by atoms with Crippen LogP contribution in [0.25, 0.3) is 0 Å².